The smallest absolute Gasteiger partial charge is 0.357 e. The summed E-state index contributed by atoms with van der Waals surface area (Å²) in [7, 11) is 0. The summed E-state index contributed by atoms with van der Waals surface area (Å²) in [6, 6.07) is 5.81. The summed E-state index contributed by atoms with van der Waals surface area (Å²) in [6.45, 7) is 5.45. The zero-order chi connectivity index (χ0) is 22.2. The van der Waals surface area contributed by atoms with E-state index in [9.17, 15) is 18.0 Å². The van der Waals surface area contributed by atoms with Crippen LogP contribution in [-0.2, 0) is 11.0 Å². The molecule has 1 aliphatic heterocycles. The first kappa shape index (κ1) is 21.1. The average molecular weight is 434 g/mol. The predicted molar refractivity (Wildman–Crippen MR) is 112 cm³/mol. The Morgan fingerprint density at radius 3 is 2.71 bits per heavy atom. The molecular weight excluding hydrogens is 409 g/mol. The fraction of sp³-hybridized carbons (Fsp3) is 0.429. The number of H-pyrrole nitrogens is 1. The van der Waals surface area contributed by atoms with Crippen LogP contribution in [0.4, 0.5) is 19.0 Å². The number of alkyl halides is 3. The van der Waals surface area contributed by atoms with Crippen molar-refractivity contribution in [2.75, 3.05) is 24.5 Å². The molecule has 7 nitrogen and oxygen atoms in total. The van der Waals surface area contributed by atoms with Gasteiger partial charge in [0, 0.05) is 39.6 Å². The topological polar surface area (TPSA) is 86.8 Å². The normalized spacial score (nSPS) is 16.5. The molecule has 1 saturated heterocycles. The van der Waals surface area contributed by atoms with Gasteiger partial charge in [0.2, 0.25) is 5.91 Å². The molecule has 2 N–H and O–H groups in total. The molecule has 31 heavy (non-hydrogen) atoms. The van der Waals surface area contributed by atoms with Gasteiger partial charge in [-0.1, -0.05) is 6.92 Å². The maximum atomic E-state index is 13.7. The van der Waals surface area contributed by atoms with Crippen LogP contribution < -0.4 is 10.2 Å². The van der Waals surface area contributed by atoms with Gasteiger partial charge in [-0.2, -0.15) is 18.3 Å². The molecule has 0 bridgehead atoms. The quantitative estimate of drug-likeness (QED) is 0.648. The first-order valence-corrected chi connectivity index (χ1v) is 10.0. The lowest BCUT2D eigenvalue weighted by molar-refractivity contribution is -0.137. The molecule has 0 spiro atoms. The molecule has 4 rings (SSSR count). The average Bonchev–Trinajstić information content (AvgIpc) is 3.16. The fourth-order valence-corrected chi connectivity index (χ4v) is 3.87. The third kappa shape index (κ3) is 4.33. The third-order valence-corrected chi connectivity index (χ3v) is 5.81. The molecule has 1 aliphatic rings. The molecule has 10 heteroatoms. The lowest BCUT2D eigenvalue weighted by Gasteiger charge is -2.40. The number of amides is 1. The Hall–Kier alpha value is -3.17. The van der Waals surface area contributed by atoms with E-state index in [0.717, 1.165) is 18.9 Å². The van der Waals surface area contributed by atoms with E-state index in [-0.39, 0.29) is 24.1 Å². The second kappa shape index (κ2) is 7.82. The highest BCUT2D eigenvalue weighted by Gasteiger charge is 2.37. The minimum Gasteiger partial charge on any atom is -0.357 e. The number of hydrogen-bond acceptors (Lipinski definition) is 5. The number of nitrogens with zero attached hydrogens (tertiary/aromatic N) is 4. The molecule has 3 aromatic rings. The van der Waals surface area contributed by atoms with Gasteiger partial charge in [-0.15, -0.1) is 0 Å². The van der Waals surface area contributed by atoms with Crippen LogP contribution in [0.3, 0.4) is 0 Å². The van der Waals surface area contributed by atoms with E-state index < -0.39 is 11.7 Å². The maximum Gasteiger partial charge on any atom is 0.418 e. The number of pyridine rings is 2. The van der Waals surface area contributed by atoms with Crippen LogP contribution >= 0.6 is 0 Å². The minimum atomic E-state index is -4.56. The molecule has 166 valence electrons. The predicted octanol–water partition coefficient (Wildman–Crippen LogP) is 4.03. The van der Waals surface area contributed by atoms with Crippen molar-refractivity contribution < 1.29 is 19.4 Å². The van der Waals surface area contributed by atoms with Crippen molar-refractivity contribution in [1.29, 1.82) is 0 Å². The van der Waals surface area contributed by atoms with Gasteiger partial charge in [0.05, 0.1) is 11.3 Å². The largest absolute Gasteiger partial charge is 0.418 e. The highest BCUT2D eigenvalue weighted by atomic mass is 19.4. The molecule has 0 saturated carbocycles. The van der Waals surface area contributed by atoms with E-state index in [4.69, 9.17) is 0 Å². The van der Waals surface area contributed by atoms with Crippen molar-refractivity contribution in [1.82, 2.24) is 25.5 Å². The zero-order valence-corrected chi connectivity index (χ0v) is 17.3. The number of nitrogens with one attached hydrogen (secondary N) is 2. The molecule has 1 amide bonds. The summed E-state index contributed by atoms with van der Waals surface area (Å²) in [5.41, 5.74) is -0.526. The molecule has 3 aromatic heterocycles. The number of aromatic amines is 1. The molecule has 0 atom stereocenters. The fourth-order valence-electron chi connectivity index (χ4n) is 3.87. The van der Waals surface area contributed by atoms with Gasteiger partial charge in [0.25, 0.3) is 0 Å². The first-order valence-electron chi connectivity index (χ1n) is 10.0. The number of halogens is 3. The molecule has 0 radical (unpaired) electrons. The van der Waals surface area contributed by atoms with Crippen LogP contribution in [0.5, 0.6) is 0 Å². The summed E-state index contributed by atoms with van der Waals surface area (Å²) in [6.07, 6.45) is -1.43. The Kier molecular flexibility index (Phi) is 5.32. The van der Waals surface area contributed by atoms with E-state index in [1.165, 1.54) is 19.2 Å². The highest BCUT2D eigenvalue weighted by molar-refractivity contribution is 5.90. The van der Waals surface area contributed by atoms with Crippen molar-refractivity contribution in [2.24, 2.45) is 5.41 Å². The Balaban J connectivity index is 0.00000289. The number of carbonyl (C=O) groups excluding carboxylic acids is 1. The second-order valence-corrected chi connectivity index (χ2v) is 8.24. The van der Waals surface area contributed by atoms with Crippen LogP contribution in [0.2, 0.25) is 0 Å². The van der Waals surface area contributed by atoms with Crippen LogP contribution in [0.15, 0.2) is 30.5 Å². The van der Waals surface area contributed by atoms with Crippen molar-refractivity contribution in [3.05, 3.63) is 36.0 Å². The van der Waals surface area contributed by atoms with Gasteiger partial charge >= 0.3 is 6.18 Å². The van der Waals surface area contributed by atoms with Crippen molar-refractivity contribution in [2.45, 2.75) is 32.9 Å². The molecule has 0 unspecified atom stereocenters. The number of anilines is 1. The van der Waals surface area contributed by atoms with Crippen LogP contribution in [0.25, 0.3) is 22.4 Å². The van der Waals surface area contributed by atoms with E-state index in [0.29, 0.717) is 36.5 Å². The Morgan fingerprint density at radius 2 is 2.03 bits per heavy atom. The SMILES string of the molecule is CC(=O)NCC1(C)CCN(c2ccc(C(F)(F)F)c(-c3[nH]nc4ncccc34)n2)CC1.[HH]. The molecule has 1 fully saturated rings. The summed E-state index contributed by atoms with van der Waals surface area (Å²) in [4.78, 5) is 21.7. The Morgan fingerprint density at radius 1 is 1.29 bits per heavy atom. The summed E-state index contributed by atoms with van der Waals surface area (Å²) in [5.74, 6) is 0.412. The Labute approximate surface area is 178 Å². The van der Waals surface area contributed by atoms with E-state index in [2.05, 4.69) is 32.4 Å². The van der Waals surface area contributed by atoms with E-state index >= 15 is 0 Å². The lowest BCUT2D eigenvalue weighted by atomic mass is 9.80. The minimum absolute atomic E-state index is 0. The first-order chi connectivity index (χ1) is 14.7. The number of hydrogen-bond donors (Lipinski definition) is 2. The van der Waals surface area contributed by atoms with Gasteiger partial charge in [0.1, 0.15) is 11.5 Å². The molecule has 0 aromatic carbocycles. The van der Waals surface area contributed by atoms with Crippen LogP contribution in [-0.4, -0.2) is 45.7 Å². The summed E-state index contributed by atoms with van der Waals surface area (Å²) >= 11 is 0. The monoisotopic (exact) mass is 434 g/mol. The number of carbonyl (C=O) groups is 1. The van der Waals surface area contributed by atoms with Gasteiger partial charge in [-0.05, 0) is 42.5 Å². The second-order valence-electron chi connectivity index (χ2n) is 8.24. The molecule has 4 heterocycles. The van der Waals surface area contributed by atoms with Crippen LogP contribution in [0, 0.1) is 5.41 Å². The number of aromatic nitrogens is 4. The molecular formula is C21H25F3N6O. The standard InChI is InChI=1S/C21H23F3N6O.H2/c1-13(31)26-12-20(2)7-10-30(11-8-20)16-6-5-15(21(22,23)24)18(27-16)17-14-4-3-9-25-19(14)29-28-17;/h3-6,9H,7-8,10-12H2,1-2H3,(H,26,31)(H,25,28,29);1H. The lowest BCUT2D eigenvalue weighted by Crippen LogP contribution is -2.44. The third-order valence-electron chi connectivity index (χ3n) is 5.81. The Bertz CT molecular complexity index is 1110. The van der Waals surface area contributed by atoms with Crippen molar-refractivity contribution in [3.63, 3.8) is 0 Å². The number of rotatable bonds is 4. The van der Waals surface area contributed by atoms with E-state index in [1.807, 2.05) is 4.90 Å². The van der Waals surface area contributed by atoms with Crippen LogP contribution in [0.1, 0.15) is 33.7 Å². The maximum absolute atomic E-state index is 13.7. The van der Waals surface area contributed by atoms with Crippen molar-refractivity contribution in [3.8, 4) is 11.4 Å². The number of fused-ring (bicyclic) bond motifs is 1. The van der Waals surface area contributed by atoms with Gasteiger partial charge < -0.3 is 10.2 Å². The van der Waals surface area contributed by atoms with E-state index in [1.54, 1.807) is 12.1 Å². The van der Waals surface area contributed by atoms with Crippen molar-refractivity contribution >= 4 is 22.8 Å². The van der Waals surface area contributed by atoms with Gasteiger partial charge in [-0.3, -0.25) is 9.89 Å². The van der Waals surface area contributed by atoms with Gasteiger partial charge in [0.15, 0.2) is 5.65 Å². The summed E-state index contributed by atoms with van der Waals surface area (Å²) in [5, 5.41) is 10.1. The number of piperidine rings is 1. The summed E-state index contributed by atoms with van der Waals surface area (Å²) < 4.78 is 41.2. The highest BCUT2D eigenvalue weighted by Crippen LogP contribution is 2.39. The van der Waals surface area contributed by atoms with Gasteiger partial charge in [-0.25, -0.2) is 9.97 Å². The zero-order valence-electron chi connectivity index (χ0n) is 17.3. The molecule has 0 aliphatic carbocycles.